The number of hydrogen-bond acceptors (Lipinski definition) is 5. The van der Waals surface area contributed by atoms with Gasteiger partial charge in [0.15, 0.2) is 0 Å². The van der Waals surface area contributed by atoms with E-state index in [2.05, 4.69) is 4.98 Å². The minimum absolute atomic E-state index is 0.000604. The van der Waals surface area contributed by atoms with Gasteiger partial charge in [0.2, 0.25) is 5.91 Å². The summed E-state index contributed by atoms with van der Waals surface area (Å²) in [6.07, 6.45) is 3.13. The molecule has 1 saturated carbocycles. The number of aromatic amines is 1. The molecule has 2 heterocycles. The van der Waals surface area contributed by atoms with Gasteiger partial charge in [0, 0.05) is 38.4 Å². The molecule has 0 aromatic carbocycles. The summed E-state index contributed by atoms with van der Waals surface area (Å²) < 4.78 is 7.03. The number of aryl methyl sites for hydroxylation is 1. The molecule has 1 amide bonds. The summed E-state index contributed by atoms with van der Waals surface area (Å²) in [6, 6.07) is 1.28. The lowest BCUT2D eigenvalue weighted by molar-refractivity contribution is -0.144. The second kappa shape index (κ2) is 6.67. The highest BCUT2D eigenvalue weighted by Gasteiger charge is 2.42. The van der Waals surface area contributed by atoms with Crippen molar-refractivity contribution in [2.24, 2.45) is 5.92 Å². The summed E-state index contributed by atoms with van der Waals surface area (Å²) >= 11 is 0. The Morgan fingerprint density at radius 3 is 2.96 bits per heavy atom. The Morgan fingerprint density at radius 2 is 2.22 bits per heavy atom. The number of aliphatic hydroxyl groups excluding tert-OH is 1. The third kappa shape index (κ3) is 3.37. The lowest BCUT2D eigenvalue weighted by Gasteiger charge is -2.37. The molecule has 2 N–H and O–H groups in total. The van der Waals surface area contributed by atoms with Gasteiger partial charge >= 0.3 is 5.69 Å². The molecule has 0 spiro atoms. The van der Waals surface area contributed by atoms with Crippen LogP contribution in [0.4, 0.5) is 0 Å². The Labute approximate surface area is 132 Å². The molecule has 126 valence electrons. The zero-order valence-corrected chi connectivity index (χ0v) is 12.8. The first-order valence-corrected chi connectivity index (χ1v) is 7.90. The standard InChI is InChI=1S/C15H21N3O5/c19-9-10-7-11-12(8-10)23-6-5-18(11)14(21)2-4-17-3-1-13(20)16-15(17)22/h1,3,10-12,19H,2,4-9H2,(H,16,20,22)/t10-,11+,12+/m1/s1. The van der Waals surface area contributed by atoms with Crippen LogP contribution in [0.15, 0.2) is 21.9 Å². The third-order valence-electron chi connectivity index (χ3n) is 4.68. The van der Waals surface area contributed by atoms with Gasteiger partial charge in [-0.15, -0.1) is 0 Å². The van der Waals surface area contributed by atoms with Crippen LogP contribution in [0.3, 0.4) is 0 Å². The number of aromatic nitrogens is 2. The second-order valence-corrected chi connectivity index (χ2v) is 6.14. The number of aliphatic hydroxyl groups is 1. The quantitative estimate of drug-likeness (QED) is 0.734. The van der Waals surface area contributed by atoms with Crippen molar-refractivity contribution in [1.29, 1.82) is 0 Å². The molecular weight excluding hydrogens is 302 g/mol. The molecule has 0 unspecified atom stereocenters. The van der Waals surface area contributed by atoms with Crippen molar-refractivity contribution in [3.63, 3.8) is 0 Å². The number of morpholine rings is 1. The van der Waals surface area contributed by atoms with Crippen molar-refractivity contribution in [1.82, 2.24) is 14.5 Å². The van der Waals surface area contributed by atoms with Gasteiger partial charge in [0.1, 0.15) is 0 Å². The number of fused-ring (bicyclic) bond motifs is 1. The number of carbonyl (C=O) groups excluding carboxylic acids is 1. The van der Waals surface area contributed by atoms with Gasteiger partial charge in [-0.2, -0.15) is 0 Å². The van der Waals surface area contributed by atoms with Crippen molar-refractivity contribution >= 4 is 5.91 Å². The van der Waals surface area contributed by atoms with Gasteiger partial charge in [0.05, 0.1) is 18.8 Å². The Bertz CT molecular complexity index is 682. The van der Waals surface area contributed by atoms with E-state index in [1.54, 1.807) is 0 Å². The van der Waals surface area contributed by atoms with Crippen LogP contribution in [0.25, 0.3) is 0 Å². The Morgan fingerprint density at radius 1 is 1.39 bits per heavy atom. The SMILES string of the molecule is O=C(CCn1ccc(=O)[nH]c1=O)N1CCO[C@H]2C[C@H](CO)C[C@@H]21. The molecule has 1 saturated heterocycles. The fourth-order valence-electron chi connectivity index (χ4n) is 3.49. The molecule has 1 aromatic heterocycles. The number of rotatable bonds is 4. The average molecular weight is 323 g/mol. The summed E-state index contributed by atoms with van der Waals surface area (Å²) in [7, 11) is 0. The van der Waals surface area contributed by atoms with Crippen LogP contribution in [0.5, 0.6) is 0 Å². The van der Waals surface area contributed by atoms with Gasteiger partial charge in [-0.25, -0.2) is 4.79 Å². The molecule has 3 atom stereocenters. The predicted octanol–water partition coefficient (Wildman–Crippen LogP) is -1.07. The molecule has 0 radical (unpaired) electrons. The highest BCUT2D eigenvalue weighted by Crippen LogP contribution is 2.34. The minimum atomic E-state index is -0.508. The van der Waals surface area contributed by atoms with Crippen LogP contribution in [0.1, 0.15) is 19.3 Å². The normalized spacial score (nSPS) is 27.0. The summed E-state index contributed by atoms with van der Waals surface area (Å²) in [6.45, 7) is 1.39. The molecular formula is C15H21N3O5. The maximum atomic E-state index is 12.5. The number of ether oxygens (including phenoxy) is 1. The molecule has 8 nitrogen and oxygen atoms in total. The van der Waals surface area contributed by atoms with Crippen molar-refractivity contribution in [3.05, 3.63) is 33.1 Å². The maximum absolute atomic E-state index is 12.5. The van der Waals surface area contributed by atoms with E-state index in [1.807, 2.05) is 4.90 Å². The van der Waals surface area contributed by atoms with Gasteiger partial charge < -0.3 is 19.3 Å². The number of carbonyl (C=O) groups is 1. The van der Waals surface area contributed by atoms with Crippen LogP contribution in [-0.2, 0) is 16.1 Å². The molecule has 0 bridgehead atoms. The topological polar surface area (TPSA) is 105 Å². The minimum Gasteiger partial charge on any atom is -0.396 e. The van der Waals surface area contributed by atoms with E-state index in [4.69, 9.17) is 4.74 Å². The van der Waals surface area contributed by atoms with Crippen LogP contribution in [0, 0.1) is 5.92 Å². The zero-order valence-electron chi connectivity index (χ0n) is 12.8. The molecule has 1 aliphatic heterocycles. The van der Waals surface area contributed by atoms with Gasteiger partial charge in [0.25, 0.3) is 5.56 Å². The fraction of sp³-hybridized carbons (Fsp3) is 0.667. The predicted molar refractivity (Wildman–Crippen MR) is 81.0 cm³/mol. The Hall–Kier alpha value is -1.93. The zero-order chi connectivity index (χ0) is 16.4. The molecule has 23 heavy (non-hydrogen) atoms. The largest absolute Gasteiger partial charge is 0.396 e. The van der Waals surface area contributed by atoms with E-state index in [1.165, 1.54) is 16.8 Å². The van der Waals surface area contributed by atoms with Crippen molar-refractivity contribution in [3.8, 4) is 0 Å². The van der Waals surface area contributed by atoms with Crippen LogP contribution in [-0.4, -0.2) is 57.4 Å². The van der Waals surface area contributed by atoms with Crippen molar-refractivity contribution < 1.29 is 14.6 Å². The van der Waals surface area contributed by atoms with Gasteiger partial charge in [-0.3, -0.25) is 14.6 Å². The maximum Gasteiger partial charge on any atom is 0.328 e. The Balaban J connectivity index is 1.63. The smallest absolute Gasteiger partial charge is 0.328 e. The first-order valence-electron chi connectivity index (χ1n) is 7.90. The molecule has 1 aliphatic carbocycles. The van der Waals surface area contributed by atoms with E-state index in [-0.39, 0.29) is 43.5 Å². The lowest BCUT2D eigenvalue weighted by atomic mass is 10.1. The highest BCUT2D eigenvalue weighted by molar-refractivity contribution is 5.76. The van der Waals surface area contributed by atoms with Gasteiger partial charge in [-0.1, -0.05) is 0 Å². The van der Waals surface area contributed by atoms with Crippen molar-refractivity contribution in [2.45, 2.75) is 38.0 Å². The monoisotopic (exact) mass is 323 g/mol. The lowest BCUT2D eigenvalue weighted by Crippen LogP contribution is -2.51. The molecule has 8 heteroatoms. The molecule has 1 aromatic rings. The highest BCUT2D eigenvalue weighted by atomic mass is 16.5. The third-order valence-corrected chi connectivity index (χ3v) is 4.68. The van der Waals surface area contributed by atoms with E-state index in [0.717, 1.165) is 12.8 Å². The number of nitrogens with zero attached hydrogens (tertiary/aromatic N) is 2. The van der Waals surface area contributed by atoms with E-state index >= 15 is 0 Å². The summed E-state index contributed by atoms with van der Waals surface area (Å²) in [5.41, 5.74) is -0.957. The van der Waals surface area contributed by atoms with E-state index in [9.17, 15) is 19.5 Å². The number of amides is 1. The second-order valence-electron chi connectivity index (χ2n) is 6.14. The summed E-state index contributed by atoms with van der Waals surface area (Å²) in [5.74, 6) is 0.153. The molecule has 2 aliphatic rings. The number of H-pyrrole nitrogens is 1. The summed E-state index contributed by atoms with van der Waals surface area (Å²) in [5, 5.41) is 9.32. The van der Waals surface area contributed by atoms with E-state index < -0.39 is 11.2 Å². The number of nitrogens with one attached hydrogen (secondary N) is 1. The summed E-state index contributed by atoms with van der Waals surface area (Å²) in [4.78, 5) is 39.2. The average Bonchev–Trinajstić information content (AvgIpc) is 2.96. The van der Waals surface area contributed by atoms with E-state index in [0.29, 0.717) is 13.2 Å². The van der Waals surface area contributed by atoms with Crippen molar-refractivity contribution in [2.75, 3.05) is 19.8 Å². The number of hydrogen-bond donors (Lipinski definition) is 2. The molecule has 3 rings (SSSR count). The van der Waals surface area contributed by atoms with Gasteiger partial charge in [-0.05, 0) is 18.8 Å². The Kier molecular flexibility index (Phi) is 4.63. The van der Waals surface area contributed by atoms with Crippen LogP contribution >= 0.6 is 0 Å². The van der Waals surface area contributed by atoms with Crippen LogP contribution < -0.4 is 11.2 Å². The fourth-order valence-corrected chi connectivity index (χ4v) is 3.49. The van der Waals surface area contributed by atoms with Crippen LogP contribution in [0.2, 0.25) is 0 Å². The first kappa shape index (κ1) is 15.9. The first-order chi connectivity index (χ1) is 11.1. The molecule has 2 fully saturated rings.